The van der Waals surface area contributed by atoms with Gasteiger partial charge in [0.1, 0.15) is 5.25 Å². The number of carbonyl (C=O) groups excluding carboxylic acids is 1. The van der Waals surface area contributed by atoms with Gasteiger partial charge in [0.15, 0.2) is 9.84 Å². The topological polar surface area (TPSA) is 83.5 Å². The van der Waals surface area contributed by atoms with E-state index < -0.39 is 21.0 Å². The molecule has 0 saturated heterocycles. The number of aliphatic hydroxyl groups excluding tert-OH is 1. The van der Waals surface area contributed by atoms with Crippen LogP contribution in [0.15, 0.2) is 0 Å². The van der Waals surface area contributed by atoms with Gasteiger partial charge in [0.05, 0.1) is 12.6 Å². The van der Waals surface area contributed by atoms with Crippen molar-refractivity contribution in [3.8, 4) is 0 Å². The molecule has 6 heteroatoms. The summed E-state index contributed by atoms with van der Waals surface area (Å²) in [5, 5.41) is 10.2. The molecule has 84 valence electrons. The average molecular weight is 223 g/mol. The second-order valence-corrected chi connectivity index (χ2v) is 5.63. The van der Waals surface area contributed by atoms with Crippen molar-refractivity contribution < 1.29 is 18.3 Å². The smallest absolute Gasteiger partial charge is 0.238 e. The highest BCUT2D eigenvalue weighted by atomic mass is 32.2. The molecule has 0 aliphatic rings. The molecule has 0 aromatic heterocycles. The van der Waals surface area contributed by atoms with Gasteiger partial charge in [0.25, 0.3) is 0 Å². The van der Waals surface area contributed by atoms with Gasteiger partial charge in [-0.1, -0.05) is 6.92 Å². The van der Waals surface area contributed by atoms with Gasteiger partial charge in [-0.05, 0) is 13.3 Å². The maximum absolute atomic E-state index is 11.3. The van der Waals surface area contributed by atoms with E-state index in [0.29, 0.717) is 6.42 Å². The van der Waals surface area contributed by atoms with E-state index in [9.17, 15) is 13.2 Å². The highest BCUT2D eigenvalue weighted by Gasteiger charge is 2.24. The lowest BCUT2D eigenvalue weighted by molar-refractivity contribution is -0.121. The summed E-state index contributed by atoms with van der Waals surface area (Å²) in [7, 11) is -3.36. The normalized spacial score (nSPS) is 16.0. The minimum absolute atomic E-state index is 0.182. The quantitative estimate of drug-likeness (QED) is 0.646. The zero-order chi connectivity index (χ0) is 11.4. The lowest BCUT2D eigenvalue weighted by Crippen LogP contribution is -2.44. The zero-order valence-corrected chi connectivity index (χ0v) is 9.47. The Hall–Kier alpha value is -0.620. The first-order valence-electron chi connectivity index (χ1n) is 4.43. The molecule has 0 rings (SSSR count). The fourth-order valence-corrected chi connectivity index (χ4v) is 1.25. The van der Waals surface area contributed by atoms with Crippen LogP contribution in [0.2, 0.25) is 0 Å². The van der Waals surface area contributed by atoms with E-state index in [0.717, 1.165) is 6.26 Å². The number of nitrogens with one attached hydrogen (secondary N) is 1. The van der Waals surface area contributed by atoms with Crippen LogP contribution < -0.4 is 5.32 Å². The first-order chi connectivity index (χ1) is 6.32. The van der Waals surface area contributed by atoms with Gasteiger partial charge in [-0.25, -0.2) is 8.42 Å². The minimum Gasteiger partial charge on any atom is -0.394 e. The number of rotatable bonds is 5. The van der Waals surface area contributed by atoms with Crippen molar-refractivity contribution in [1.82, 2.24) is 5.32 Å². The van der Waals surface area contributed by atoms with Crippen LogP contribution >= 0.6 is 0 Å². The van der Waals surface area contributed by atoms with Crippen LogP contribution in [0.3, 0.4) is 0 Å². The largest absolute Gasteiger partial charge is 0.394 e. The summed E-state index contributed by atoms with van der Waals surface area (Å²) in [6.45, 7) is 2.94. The molecule has 14 heavy (non-hydrogen) atoms. The second-order valence-electron chi connectivity index (χ2n) is 3.27. The molecule has 1 amide bonds. The molecule has 2 unspecified atom stereocenters. The van der Waals surface area contributed by atoms with Crippen LogP contribution in [-0.2, 0) is 14.6 Å². The Balaban J connectivity index is 4.35. The predicted octanol–water partition coefficient (Wildman–Crippen LogP) is -0.693. The highest BCUT2D eigenvalue weighted by molar-refractivity contribution is 7.92. The molecule has 0 aromatic rings. The number of amides is 1. The third-order valence-corrected chi connectivity index (χ3v) is 3.57. The molecule has 0 aromatic carbocycles. The van der Waals surface area contributed by atoms with E-state index >= 15 is 0 Å². The highest BCUT2D eigenvalue weighted by Crippen LogP contribution is 1.99. The maximum Gasteiger partial charge on any atom is 0.238 e. The monoisotopic (exact) mass is 223 g/mol. The molecule has 0 heterocycles. The molecule has 0 aliphatic heterocycles. The van der Waals surface area contributed by atoms with E-state index in [-0.39, 0.29) is 12.6 Å². The molecule has 0 aliphatic carbocycles. The van der Waals surface area contributed by atoms with E-state index in [1.54, 1.807) is 6.92 Å². The molecule has 0 spiro atoms. The Labute approximate surface area is 84.4 Å². The van der Waals surface area contributed by atoms with Gasteiger partial charge in [-0.3, -0.25) is 4.79 Å². The number of sulfone groups is 1. The molecule has 2 atom stereocenters. The molecular weight excluding hydrogens is 206 g/mol. The van der Waals surface area contributed by atoms with Gasteiger partial charge in [-0.2, -0.15) is 0 Å². The summed E-state index contributed by atoms with van der Waals surface area (Å²) in [6.07, 6.45) is 1.58. The Morgan fingerprint density at radius 1 is 1.50 bits per heavy atom. The first kappa shape index (κ1) is 13.4. The van der Waals surface area contributed by atoms with E-state index in [1.165, 1.54) is 6.92 Å². The first-order valence-corrected chi connectivity index (χ1v) is 6.38. The molecule has 2 N–H and O–H groups in total. The van der Waals surface area contributed by atoms with Crippen LogP contribution in [0.25, 0.3) is 0 Å². The summed E-state index contributed by atoms with van der Waals surface area (Å²) in [5.74, 6) is -0.562. The molecular formula is C8H17NO4S. The molecule has 5 nitrogen and oxygen atoms in total. The Morgan fingerprint density at radius 3 is 2.29 bits per heavy atom. The summed E-state index contributed by atoms with van der Waals surface area (Å²) < 4.78 is 22.0. The van der Waals surface area contributed by atoms with Crippen LogP contribution in [-0.4, -0.2) is 43.6 Å². The van der Waals surface area contributed by atoms with Crippen molar-refractivity contribution in [2.45, 2.75) is 31.6 Å². The molecule has 0 bridgehead atoms. The van der Waals surface area contributed by atoms with Crippen molar-refractivity contribution in [2.24, 2.45) is 0 Å². The predicted molar refractivity (Wildman–Crippen MR) is 53.6 cm³/mol. The van der Waals surface area contributed by atoms with E-state index in [4.69, 9.17) is 5.11 Å². The van der Waals surface area contributed by atoms with E-state index in [2.05, 4.69) is 5.32 Å². The number of hydrogen-bond donors (Lipinski definition) is 2. The zero-order valence-electron chi connectivity index (χ0n) is 8.65. The van der Waals surface area contributed by atoms with Crippen molar-refractivity contribution in [1.29, 1.82) is 0 Å². The Kier molecular flexibility index (Phi) is 5.07. The van der Waals surface area contributed by atoms with Crippen molar-refractivity contribution in [3.63, 3.8) is 0 Å². The summed E-state index contributed by atoms with van der Waals surface area (Å²) >= 11 is 0. The van der Waals surface area contributed by atoms with Crippen LogP contribution in [0.1, 0.15) is 20.3 Å². The van der Waals surface area contributed by atoms with Crippen molar-refractivity contribution in [2.75, 3.05) is 12.9 Å². The van der Waals surface area contributed by atoms with Gasteiger partial charge >= 0.3 is 0 Å². The third-order valence-electron chi connectivity index (χ3n) is 2.07. The minimum atomic E-state index is -3.36. The third kappa shape index (κ3) is 4.06. The lowest BCUT2D eigenvalue weighted by atomic mass is 10.2. The summed E-state index contributed by atoms with van der Waals surface area (Å²) in [5.41, 5.74) is 0. The summed E-state index contributed by atoms with van der Waals surface area (Å²) in [6, 6.07) is -0.369. The number of aliphatic hydroxyl groups is 1. The van der Waals surface area contributed by atoms with Crippen LogP contribution in [0.5, 0.6) is 0 Å². The standard InChI is InChI=1S/C8H17NO4S/c1-4-7(5-10)9-8(11)6(2)14(3,12)13/h6-7,10H,4-5H2,1-3H3,(H,9,11). The van der Waals surface area contributed by atoms with Crippen LogP contribution in [0.4, 0.5) is 0 Å². The molecule has 0 saturated carbocycles. The van der Waals surface area contributed by atoms with E-state index in [1.807, 2.05) is 0 Å². The van der Waals surface area contributed by atoms with Crippen molar-refractivity contribution >= 4 is 15.7 Å². The average Bonchev–Trinajstić information content (AvgIpc) is 2.11. The van der Waals surface area contributed by atoms with Crippen molar-refractivity contribution in [3.05, 3.63) is 0 Å². The van der Waals surface area contributed by atoms with Gasteiger partial charge in [0.2, 0.25) is 5.91 Å². The van der Waals surface area contributed by atoms with Gasteiger partial charge in [-0.15, -0.1) is 0 Å². The van der Waals surface area contributed by atoms with Gasteiger partial charge < -0.3 is 10.4 Å². The van der Waals surface area contributed by atoms with Crippen LogP contribution in [0, 0.1) is 0 Å². The maximum atomic E-state index is 11.3. The Morgan fingerprint density at radius 2 is 2.00 bits per heavy atom. The molecule has 0 fully saturated rings. The fraction of sp³-hybridized carbons (Fsp3) is 0.875. The fourth-order valence-electron chi connectivity index (χ4n) is 0.790. The summed E-state index contributed by atoms with van der Waals surface area (Å²) in [4.78, 5) is 11.3. The second kappa shape index (κ2) is 5.31. The number of hydrogen-bond acceptors (Lipinski definition) is 4. The SMILES string of the molecule is CCC(CO)NC(=O)C(C)S(C)(=O)=O. The molecule has 0 radical (unpaired) electrons. The lowest BCUT2D eigenvalue weighted by Gasteiger charge is -2.16. The number of carbonyl (C=O) groups is 1. The van der Waals surface area contributed by atoms with Gasteiger partial charge in [0, 0.05) is 6.26 Å². The Bertz CT molecular complexity index is 282.